The van der Waals surface area contributed by atoms with E-state index in [1.165, 1.54) is 6.42 Å². The number of hydrogen-bond acceptors (Lipinski definition) is 4. The Kier molecular flexibility index (Phi) is 6.93. The average molecular weight is 341 g/mol. The molecule has 140 valence electrons. The number of carbonyl (C=O) groups excluding carboxylic acids is 1. The Balaban J connectivity index is 1.79. The minimum absolute atomic E-state index is 0.149. The van der Waals surface area contributed by atoms with E-state index < -0.39 is 5.60 Å². The zero-order chi connectivity index (χ0) is 17.7. The van der Waals surface area contributed by atoms with Crippen molar-refractivity contribution < 1.29 is 14.6 Å². The molecule has 1 aliphatic heterocycles. The van der Waals surface area contributed by atoms with Gasteiger partial charge in [0, 0.05) is 19.1 Å². The van der Waals surface area contributed by atoms with Crippen LogP contribution in [0.3, 0.4) is 0 Å². The van der Waals surface area contributed by atoms with Gasteiger partial charge in [0.2, 0.25) is 0 Å². The summed E-state index contributed by atoms with van der Waals surface area (Å²) in [5, 5.41) is 10.2. The topological polar surface area (TPSA) is 53.0 Å². The zero-order valence-electron chi connectivity index (χ0n) is 16.0. The molecule has 1 saturated heterocycles. The first-order chi connectivity index (χ1) is 11.3. The van der Waals surface area contributed by atoms with Gasteiger partial charge in [-0.05, 0) is 72.4 Å². The van der Waals surface area contributed by atoms with E-state index in [1.54, 1.807) is 0 Å². The summed E-state index contributed by atoms with van der Waals surface area (Å²) in [7, 11) is 0. The molecule has 1 saturated carbocycles. The number of amides is 1. The standard InChI is InChI=1S/C19H36N2O3/c1-5-20(18(23)24-19(2,3)4)14-15-10-12-21(13-11-15)16-8-6-7-9-17(16)22/h15-17,22H,5-14H2,1-4H3. The predicted octanol–water partition coefficient (Wildman–Crippen LogP) is 3.26. The summed E-state index contributed by atoms with van der Waals surface area (Å²) in [5.41, 5.74) is -0.439. The van der Waals surface area contributed by atoms with Crippen LogP contribution in [0.1, 0.15) is 66.2 Å². The van der Waals surface area contributed by atoms with Crippen LogP contribution in [-0.2, 0) is 4.74 Å². The Morgan fingerprint density at radius 3 is 2.33 bits per heavy atom. The van der Waals surface area contributed by atoms with Crippen LogP contribution in [0.25, 0.3) is 0 Å². The van der Waals surface area contributed by atoms with Crippen LogP contribution >= 0.6 is 0 Å². The average Bonchev–Trinajstić information content (AvgIpc) is 2.52. The normalized spacial score (nSPS) is 27.0. The molecule has 2 aliphatic rings. The molecule has 0 aromatic carbocycles. The van der Waals surface area contributed by atoms with E-state index in [4.69, 9.17) is 4.74 Å². The number of piperidine rings is 1. The Morgan fingerprint density at radius 2 is 1.79 bits per heavy atom. The second kappa shape index (κ2) is 8.52. The van der Waals surface area contributed by atoms with Crippen molar-refractivity contribution in [2.75, 3.05) is 26.2 Å². The molecule has 0 spiro atoms. The summed E-state index contributed by atoms with van der Waals surface area (Å²) in [6, 6.07) is 0.354. The van der Waals surface area contributed by atoms with Crippen molar-refractivity contribution in [3.63, 3.8) is 0 Å². The van der Waals surface area contributed by atoms with Crippen molar-refractivity contribution in [3.05, 3.63) is 0 Å². The van der Waals surface area contributed by atoms with Gasteiger partial charge in [-0.2, -0.15) is 0 Å². The van der Waals surface area contributed by atoms with Crippen LogP contribution in [0.4, 0.5) is 4.79 Å². The molecule has 1 amide bonds. The lowest BCUT2D eigenvalue weighted by atomic mass is 9.88. The molecular formula is C19H36N2O3. The van der Waals surface area contributed by atoms with Crippen LogP contribution in [0.2, 0.25) is 0 Å². The van der Waals surface area contributed by atoms with Gasteiger partial charge < -0.3 is 14.7 Å². The highest BCUT2D eigenvalue weighted by Crippen LogP contribution is 2.28. The van der Waals surface area contributed by atoms with Crippen molar-refractivity contribution in [2.24, 2.45) is 5.92 Å². The largest absolute Gasteiger partial charge is 0.444 e. The van der Waals surface area contributed by atoms with Gasteiger partial charge in [0.15, 0.2) is 0 Å². The maximum Gasteiger partial charge on any atom is 0.410 e. The van der Waals surface area contributed by atoms with E-state index in [1.807, 2.05) is 32.6 Å². The lowest BCUT2D eigenvalue weighted by Gasteiger charge is -2.42. The number of likely N-dealkylation sites (tertiary alicyclic amines) is 1. The first-order valence-corrected chi connectivity index (χ1v) is 9.70. The third kappa shape index (κ3) is 5.62. The van der Waals surface area contributed by atoms with E-state index in [0.29, 0.717) is 18.5 Å². The summed E-state index contributed by atoms with van der Waals surface area (Å²) in [6.45, 7) is 11.3. The molecule has 24 heavy (non-hydrogen) atoms. The Hall–Kier alpha value is -0.810. The van der Waals surface area contributed by atoms with Gasteiger partial charge in [0.05, 0.1) is 6.10 Å². The summed E-state index contributed by atoms with van der Waals surface area (Å²) in [5.74, 6) is 0.537. The van der Waals surface area contributed by atoms with E-state index in [0.717, 1.165) is 51.7 Å². The van der Waals surface area contributed by atoms with Gasteiger partial charge >= 0.3 is 6.09 Å². The SMILES string of the molecule is CCN(CC1CCN(C2CCCCC2O)CC1)C(=O)OC(C)(C)C. The van der Waals surface area contributed by atoms with Crippen LogP contribution < -0.4 is 0 Å². The first kappa shape index (κ1) is 19.5. The minimum Gasteiger partial charge on any atom is -0.444 e. The summed E-state index contributed by atoms with van der Waals surface area (Å²) in [4.78, 5) is 16.6. The molecule has 0 radical (unpaired) electrons. The van der Waals surface area contributed by atoms with Gasteiger partial charge in [-0.1, -0.05) is 12.8 Å². The second-order valence-electron chi connectivity index (χ2n) is 8.42. The predicted molar refractivity (Wildman–Crippen MR) is 96.0 cm³/mol. The minimum atomic E-state index is -0.439. The molecule has 2 unspecified atom stereocenters. The number of rotatable bonds is 4. The number of carbonyl (C=O) groups is 1. The quantitative estimate of drug-likeness (QED) is 0.853. The maximum absolute atomic E-state index is 12.3. The molecule has 2 rings (SSSR count). The first-order valence-electron chi connectivity index (χ1n) is 9.70. The van der Waals surface area contributed by atoms with Crippen molar-refractivity contribution in [3.8, 4) is 0 Å². The third-order valence-corrected chi connectivity index (χ3v) is 5.32. The van der Waals surface area contributed by atoms with Gasteiger partial charge in [-0.25, -0.2) is 4.79 Å². The van der Waals surface area contributed by atoms with Crippen molar-refractivity contribution in [1.29, 1.82) is 0 Å². The Morgan fingerprint density at radius 1 is 1.17 bits per heavy atom. The van der Waals surface area contributed by atoms with Crippen LogP contribution in [0.15, 0.2) is 0 Å². The molecule has 2 fully saturated rings. The molecule has 5 nitrogen and oxygen atoms in total. The highest BCUT2D eigenvalue weighted by Gasteiger charge is 2.32. The molecule has 2 atom stereocenters. The van der Waals surface area contributed by atoms with E-state index >= 15 is 0 Å². The summed E-state index contributed by atoms with van der Waals surface area (Å²) < 4.78 is 5.51. The maximum atomic E-state index is 12.3. The number of ether oxygens (including phenoxy) is 1. The molecule has 1 N–H and O–H groups in total. The smallest absolute Gasteiger partial charge is 0.410 e. The lowest BCUT2D eigenvalue weighted by Crippen LogP contribution is -2.50. The van der Waals surface area contributed by atoms with Crippen molar-refractivity contribution in [2.45, 2.75) is 84.0 Å². The van der Waals surface area contributed by atoms with Crippen LogP contribution in [0, 0.1) is 5.92 Å². The van der Waals surface area contributed by atoms with Gasteiger partial charge in [-0.15, -0.1) is 0 Å². The monoisotopic (exact) mass is 340 g/mol. The fraction of sp³-hybridized carbons (Fsp3) is 0.947. The van der Waals surface area contributed by atoms with E-state index in [9.17, 15) is 9.90 Å². The third-order valence-electron chi connectivity index (χ3n) is 5.32. The van der Waals surface area contributed by atoms with E-state index in [-0.39, 0.29) is 12.2 Å². The van der Waals surface area contributed by atoms with Gasteiger partial charge in [-0.3, -0.25) is 4.90 Å². The van der Waals surface area contributed by atoms with Crippen LogP contribution in [0.5, 0.6) is 0 Å². The lowest BCUT2D eigenvalue weighted by molar-refractivity contribution is -0.00255. The van der Waals surface area contributed by atoms with Crippen LogP contribution in [-0.4, -0.2) is 64.9 Å². The van der Waals surface area contributed by atoms with Crippen molar-refractivity contribution in [1.82, 2.24) is 9.80 Å². The number of nitrogens with zero attached hydrogens (tertiary/aromatic N) is 2. The fourth-order valence-electron chi connectivity index (χ4n) is 3.96. The molecule has 0 bridgehead atoms. The second-order valence-corrected chi connectivity index (χ2v) is 8.42. The van der Waals surface area contributed by atoms with Gasteiger partial charge in [0.1, 0.15) is 5.60 Å². The summed E-state index contributed by atoms with van der Waals surface area (Å²) in [6.07, 6.45) is 6.33. The molecule has 1 aliphatic carbocycles. The fourth-order valence-corrected chi connectivity index (χ4v) is 3.96. The highest BCUT2D eigenvalue weighted by atomic mass is 16.6. The zero-order valence-corrected chi connectivity index (χ0v) is 16.0. The number of aliphatic hydroxyl groups excluding tert-OH is 1. The van der Waals surface area contributed by atoms with Crippen molar-refractivity contribution >= 4 is 6.09 Å². The summed E-state index contributed by atoms with van der Waals surface area (Å²) >= 11 is 0. The van der Waals surface area contributed by atoms with E-state index in [2.05, 4.69) is 4.90 Å². The number of aliphatic hydroxyl groups is 1. The molecule has 0 aromatic heterocycles. The molecule has 5 heteroatoms. The molecular weight excluding hydrogens is 304 g/mol. The molecule has 0 aromatic rings. The number of hydrogen-bond donors (Lipinski definition) is 1. The Bertz CT molecular complexity index is 400. The Labute approximate surface area is 147 Å². The molecule has 1 heterocycles. The van der Waals surface area contributed by atoms with Gasteiger partial charge in [0.25, 0.3) is 0 Å². The highest BCUT2D eigenvalue weighted by molar-refractivity contribution is 5.68.